The lowest BCUT2D eigenvalue weighted by molar-refractivity contribution is 0.414. The number of rotatable bonds is 4. The van der Waals surface area contributed by atoms with Gasteiger partial charge in [-0.25, -0.2) is 0 Å². The summed E-state index contributed by atoms with van der Waals surface area (Å²) < 4.78 is 24.6. The van der Waals surface area contributed by atoms with Crippen molar-refractivity contribution < 1.29 is 18.9 Å². The molecule has 0 unspecified atom stereocenters. The molecular weight excluding hydrogens is 945 g/mol. The van der Waals surface area contributed by atoms with Gasteiger partial charge in [-0.05, 0) is 176 Å². The van der Waals surface area contributed by atoms with Gasteiger partial charge >= 0.3 is 0 Å². The standard InChI is InChI=1S/C21H27N.C15H15N.C11H16O.C9H12O.C8H10O.C7H8O/c1-20(2,3)14-8-10-18-16(12-14)17-13-15(21(4,5)6)9-11-19(17)22(18)7;1-10-4-6-14-12(8-10)13-9-11(2)5-7-15(13)16(14)3;1-11(2,3)9-5-7-10(12-4)8-6-9;1-7-4-8(2)6-9(5-7)10-3;1-7-3-5-8(9-2)6-4-7;1-8-7-5-3-2-4-6-7/h8-13H,1-7H3;4-9H,1-3H3;5-8H,1-4H3;4-6H,1-3H3;3-6H,1-2H3;2-6H,1H3. The van der Waals surface area contributed by atoms with Crippen molar-refractivity contribution in [2.75, 3.05) is 28.4 Å². The van der Waals surface area contributed by atoms with E-state index in [0.717, 1.165) is 23.0 Å². The fourth-order valence-corrected chi connectivity index (χ4v) is 8.97. The first kappa shape index (κ1) is 60.4. The van der Waals surface area contributed by atoms with Gasteiger partial charge in [0.05, 0.1) is 28.4 Å². The molecule has 406 valence electrons. The van der Waals surface area contributed by atoms with E-state index in [-0.39, 0.29) is 16.2 Å². The molecular formula is C71H88N2O4. The summed E-state index contributed by atoms with van der Waals surface area (Å²) in [5.41, 5.74) is 16.4. The minimum atomic E-state index is 0.179. The number of hydrogen-bond acceptors (Lipinski definition) is 4. The highest BCUT2D eigenvalue weighted by molar-refractivity contribution is 6.09. The van der Waals surface area contributed by atoms with Crippen molar-refractivity contribution >= 4 is 43.6 Å². The second-order valence-electron chi connectivity index (χ2n) is 23.2. The van der Waals surface area contributed by atoms with E-state index in [0.29, 0.717) is 0 Å². The number of hydrogen-bond donors (Lipinski definition) is 0. The molecule has 10 aromatic rings. The van der Waals surface area contributed by atoms with Gasteiger partial charge in [0.25, 0.3) is 0 Å². The molecule has 2 aromatic heterocycles. The molecule has 0 aliphatic carbocycles. The van der Waals surface area contributed by atoms with Crippen LogP contribution < -0.4 is 18.9 Å². The highest BCUT2D eigenvalue weighted by atomic mass is 16.5. The van der Waals surface area contributed by atoms with Crippen LogP contribution in [0.1, 0.15) is 107 Å². The van der Waals surface area contributed by atoms with Crippen molar-refractivity contribution in [2.45, 2.75) is 113 Å². The molecule has 0 bridgehead atoms. The van der Waals surface area contributed by atoms with E-state index < -0.39 is 0 Å². The first-order valence-electron chi connectivity index (χ1n) is 26.7. The van der Waals surface area contributed by atoms with Crippen molar-refractivity contribution in [1.29, 1.82) is 0 Å². The van der Waals surface area contributed by atoms with Gasteiger partial charge in [-0.3, -0.25) is 0 Å². The van der Waals surface area contributed by atoms with Crippen LogP contribution in [0.2, 0.25) is 0 Å². The number of ether oxygens (including phenoxy) is 4. The van der Waals surface area contributed by atoms with E-state index in [9.17, 15) is 0 Å². The van der Waals surface area contributed by atoms with E-state index in [2.05, 4.69) is 211 Å². The first-order chi connectivity index (χ1) is 36.3. The normalized spacial score (nSPS) is 11.1. The molecule has 6 heteroatoms. The van der Waals surface area contributed by atoms with Crippen LogP contribution in [0.25, 0.3) is 43.6 Å². The Kier molecular flexibility index (Phi) is 20.8. The number of aromatic nitrogens is 2. The highest BCUT2D eigenvalue weighted by Gasteiger charge is 2.19. The average Bonchev–Trinajstić information content (AvgIpc) is 3.85. The van der Waals surface area contributed by atoms with Crippen molar-refractivity contribution in [3.63, 3.8) is 0 Å². The van der Waals surface area contributed by atoms with Crippen molar-refractivity contribution in [2.24, 2.45) is 14.1 Å². The highest BCUT2D eigenvalue weighted by Crippen LogP contribution is 2.35. The maximum Gasteiger partial charge on any atom is 0.119 e. The predicted octanol–water partition coefficient (Wildman–Crippen LogP) is 18.9. The van der Waals surface area contributed by atoms with Gasteiger partial charge < -0.3 is 28.1 Å². The summed E-state index contributed by atoms with van der Waals surface area (Å²) in [5.74, 6) is 3.69. The minimum Gasteiger partial charge on any atom is -0.497 e. The topological polar surface area (TPSA) is 46.8 Å². The number of methoxy groups -OCH3 is 4. The zero-order valence-electron chi connectivity index (χ0n) is 50.2. The summed E-state index contributed by atoms with van der Waals surface area (Å²) in [6.45, 7) is 30.8. The molecule has 0 saturated carbocycles. The second-order valence-corrected chi connectivity index (χ2v) is 23.2. The van der Waals surface area contributed by atoms with Gasteiger partial charge in [0, 0.05) is 57.7 Å². The molecule has 8 aromatic carbocycles. The monoisotopic (exact) mass is 1030 g/mol. The van der Waals surface area contributed by atoms with Crippen LogP contribution in [-0.4, -0.2) is 37.6 Å². The van der Waals surface area contributed by atoms with Gasteiger partial charge in [0.2, 0.25) is 0 Å². The van der Waals surface area contributed by atoms with Gasteiger partial charge in [0.15, 0.2) is 0 Å². The predicted molar refractivity (Wildman–Crippen MR) is 333 cm³/mol. The Labute approximate surface area is 462 Å². The van der Waals surface area contributed by atoms with Crippen LogP contribution in [0.5, 0.6) is 23.0 Å². The Morgan fingerprint density at radius 1 is 0.273 bits per heavy atom. The number of aryl methyl sites for hydroxylation is 7. The number of nitrogens with zero attached hydrogens (tertiary/aromatic N) is 2. The molecule has 0 fully saturated rings. The fourth-order valence-electron chi connectivity index (χ4n) is 8.97. The molecule has 0 radical (unpaired) electrons. The molecule has 0 aliphatic heterocycles. The SMILES string of the molecule is COc1cc(C)cc(C)c1.COc1ccc(C(C)(C)C)cc1.COc1ccc(C)cc1.COc1ccccc1.Cc1ccc2c(c1)c1cc(C)ccc1n2C.Cn1c2ccc(C(C)(C)C)cc2c2cc(C(C)(C)C)ccc21. The Hall–Kier alpha value is -7.44. The third-order valence-corrected chi connectivity index (χ3v) is 13.7. The lowest BCUT2D eigenvalue weighted by Crippen LogP contribution is -2.10. The zero-order valence-corrected chi connectivity index (χ0v) is 50.2. The molecule has 0 amide bonds. The van der Waals surface area contributed by atoms with Gasteiger partial charge in [-0.15, -0.1) is 0 Å². The molecule has 0 spiro atoms. The van der Waals surface area contributed by atoms with Crippen LogP contribution in [0.4, 0.5) is 0 Å². The third kappa shape index (κ3) is 16.8. The van der Waals surface area contributed by atoms with Crippen molar-refractivity contribution in [3.05, 3.63) is 214 Å². The number of fused-ring (bicyclic) bond motifs is 6. The second kappa shape index (κ2) is 26.6. The summed E-state index contributed by atoms with van der Waals surface area (Å²) in [4.78, 5) is 0. The molecule has 2 heterocycles. The average molecular weight is 1030 g/mol. The summed E-state index contributed by atoms with van der Waals surface area (Å²) in [6, 6.07) is 59.2. The summed E-state index contributed by atoms with van der Waals surface area (Å²) in [6.07, 6.45) is 0. The molecule has 0 N–H and O–H groups in total. The van der Waals surface area contributed by atoms with E-state index in [1.807, 2.05) is 78.9 Å². The molecule has 10 rings (SSSR count). The van der Waals surface area contributed by atoms with Crippen LogP contribution in [0, 0.1) is 34.6 Å². The number of para-hydroxylation sites is 1. The fraction of sp³-hybridized carbons (Fsp3) is 0.324. The van der Waals surface area contributed by atoms with Crippen molar-refractivity contribution in [1.82, 2.24) is 9.13 Å². The van der Waals surface area contributed by atoms with E-state index in [4.69, 9.17) is 18.9 Å². The zero-order chi connectivity index (χ0) is 56.8. The molecule has 0 atom stereocenters. The quantitative estimate of drug-likeness (QED) is 0.176. The Morgan fingerprint density at radius 2 is 0.571 bits per heavy atom. The number of benzene rings is 8. The van der Waals surface area contributed by atoms with Crippen LogP contribution in [0.15, 0.2) is 170 Å². The lowest BCUT2D eigenvalue weighted by atomic mass is 9.85. The van der Waals surface area contributed by atoms with E-state index >= 15 is 0 Å². The third-order valence-electron chi connectivity index (χ3n) is 13.7. The van der Waals surface area contributed by atoms with Gasteiger partial charge in [0.1, 0.15) is 23.0 Å². The first-order valence-corrected chi connectivity index (χ1v) is 26.7. The van der Waals surface area contributed by atoms with Crippen LogP contribution in [0.3, 0.4) is 0 Å². The van der Waals surface area contributed by atoms with E-state index in [1.54, 1.807) is 28.4 Å². The maximum absolute atomic E-state index is 5.08. The Bertz CT molecular complexity index is 3300. The van der Waals surface area contributed by atoms with Gasteiger partial charge in [-0.2, -0.15) is 0 Å². The molecule has 0 saturated heterocycles. The molecule has 77 heavy (non-hydrogen) atoms. The lowest BCUT2D eigenvalue weighted by Gasteiger charge is -2.19. The maximum atomic E-state index is 5.08. The van der Waals surface area contributed by atoms with Gasteiger partial charge in [-0.1, -0.05) is 152 Å². The van der Waals surface area contributed by atoms with Crippen LogP contribution >= 0.6 is 0 Å². The minimum absolute atomic E-state index is 0.179. The Morgan fingerprint density at radius 3 is 0.909 bits per heavy atom. The summed E-state index contributed by atoms with van der Waals surface area (Å²) in [5, 5.41) is 5.47. The van der Waals surface area contributed by atoms with E-state index in [1.165, 1.54) is 88.1 Å². The summed E-state index contributed by atoms with van der Waals surface area (Å²) in [7, 11) is 11.0. The smallest absolute Gasteiger partial charge is 0.119 e. The van der Waals surface area contributed by atoms with Crippen LogP contribution in [-0.2, 0) is 30.3 Å². The molecule has 6 nitrogen and oxygen atoms in total. The Balaban J connectivity index is 0.000000177. The van der Waals surface area contributed by atoms with Crippen molar-refractivity contribution in [3.8, 4) is 23.0 Å². The summed E-state index contributed by atoms with van der Waals surface area (Å²) >= 11 is 0. The largest absolute Gasteiger partial charge is 0.497 e. The molecule has 0 aliphatic rings.